The van der Waals surface area contributed by atoms with E-state index in [0.29, 0.717) is 17.5 Å². The van der Waals surface area contributed by atoms with E-state index in [-0.39, 0.29) is 36.7 Å². The zero-order valence-electron chi connectivity index (χ0n) is 17.5. The molecular formula is C24H24N4O3. The smallest absolute Gasteiger partial charge is 0.261 e. The molecule has 1 aliphatic rings. The molecule has 0 aliphatic carbocycles. The minimum absolute atomic E-state index is 0.112. The predicted molar refractivity (Wildman–Crippen MR) is 116 cm³/mol. The maximum absolute atomic E-state index is 12.5. The van der Waals surface area contributed by atoms with Gasteiger partial charge in [0.2, 0.25) is 5.91 Å². The van der Waals surface area contributed by atoms with Gasteiger partial charge >= 0.3 is 0 Å². The molecule has 0 fully saturated rings. The maximum Gasteiger partial charge on any atom is 0.261 e. The van der Waals surface area contributed by atoms with Gasteiger partial charge in [0, 0.05) is 31.0 Å². The Morgan fingerprint density at radius 3 is 2.52 bits per heavy atom. The van der Waals surface area contributed by atoms with E-state index < -0.39 is 0 Å². The van der Waals surface area contributed by atoms with Gasteiger partial charge in [-0.25, -0.2) is 4.98 Å². The average Bonchev–Trinajstić information content (AvgIpc) is 3.37. The largest absolute Gasteiger partial charge is 0.350 e. The number of amides is 3. The Balaban J connectivity index is 1.28. The van der Waals surface area contributed by atoms with Crippen LogP contribution < -0.4 is 5.32 Å². The average molecular weight is 416 g/mol. The van der Waals surface area contributed by atoms with Crippen LogP contribution in [0.1, 0.15) is 57.7 Å². The summed E-state index contributed by atoms with van der Waals surface area (Å²) in [6.45, 7) is 4.04. The number of rotatable bonds is 7. The minimum atomic E-state index is -0.285. The Bertz CT molecular complexity index is 1120. The normalized spacial score (nSPS) is 13.9. The summed E-state index contributed by atoms with van der Waals surface area (Å²) in [5, 5.41) is 2.98. The van der Waals surface area contributed by atoms with Crippen LogP contribution in [0.15, 0.2) is 61.2 Å². The lowest BCUT2D eigenvalue weighted by molar-refractivity contribution is -0.121. The van der Waals surface area contributed by atoms with Gasteiger partial charge in [-0.05, 0) is 50.1 Å². The van der Waals surface area contributed by atoms with E-state index in [9.17, 15) is 14.4 Å². The molecule has 2 aromatic carbocycles. The molecule has 2 heterocycles. The summed E-state index contributed by atoms with van der Waals surface area (Å²) in [6.07, 6.45) is 5.98. The van der Waals surface area contributed by atoms with Gasteiger partial charge in [0.15, 0.2) is 0 Å². The molecule has 4 rings (SSSR count). The van der Waals surface area contributed by atoms with Crippen LogP contribution in [0.5, 0.6) is 0 Å². The fourth-order valence-corrected chi connectivity index (χ4v) is 3.75. The zero-order valence-corrected chi connectivity index (χ0v) is 17.5. The molecule has 1 atom stereocenters. The van der Waals surface area contributed by atoms with Crippen molar-refractivity contribution < 1.29 is 14.4 Å². The standard InChI is InChI=1S/C24H24N4O3/c1-16-5-10-20-21(14-16)24(31)28(23(20)30)12-3-4-22(29)26-17(2)18-6-8-19(9-7-18)27-13-11-25-15-27/h5-11,13-15,17H,3-4,12H2,1-2H3,(H,26,29). The Morgan fingerprint density at radius 1 is 1.06 bits per heavy atom. The number of nitrogens with zero attached hydrogens (tertiary/aromatic N) is 3. The number of aromatic nitrogens is 2. The van der Waals surface area contributed by atoms with Crippen molar-refractivity contribution in [2.45, 2.75) is 32.7 Å². The molecule has 0 saturated carbocycles. The second kappa shape index (κ2) is 8.55. The van der Waals surface area contributed by atoms with Crippen LogP contribution in [-0.4, -0.2) is 38.7 Å². The molecule has 7 nitrogen and oxygen atoms in total. The van der Waals surface area contributed by atoms with Gasteiger partial charge in [0.1, 0.15) is 0 Å². The number of hydrogen-bond donors (Lipinski definition) is 1. The third-order valence-electron chi connectivity index (χ3n) is 5.48. The molecule has 158 valence electrons. The van der Waals surface area contributed by atoms with Crippen molar-refractivity contribution in [2.24, 2.45) is 0 Å². The minimum Gasteiger partial charge on any atom is -0.350 e. The second-order valence-corrected chi connectivity index (χ2v) is 7.77. The lowest BCUT2D eigenvalue weighted by atomic mass is 10.1. The number of nitrogens with one attached hydrogen (secondary N) is 1. The van der Waals surface area contributed by atoms with E-state index in [1.165, 1.54) is 4.90 Å². The first-order valence-corrected chi connectivity index (χ1v) is 10.3. The summed E-state index contributed by atoms with van der Waals surface area (Å²) in [7, 11) is 0. The molecule has 1 N–H and O–H groups in total. The number of carbonyl (C=O) groups excluding carboxylic acids is 3. The monoisotopic (exact) mass is 416 g/mol. The quantitative estimate of drug-likeness (QED) is 0.598. The SMILES string of the molecule is Cc1ccc2c(c1)C(=O)N(CCCC(=O)NC(C)c1ccc(-n3ccnc3)cc1)C2=O. The lowest BCUT2D eigenvalue weighted by Crippen LogP contribution is -2.32. The van der Waals surface area contributed by atoms with Crippen molar-refractivity contribution >= 4 is 17.7 Å². The van der Waals surface area contributed by atoms with Crippen molar-refractivity contribution in [1.82, 2.24) is 19.8 Å². The van der Waals surface area contributed by atoms with Crippen LogP contribution in [0.25, 0.3) is 5.69 Å². The third-order valence-corrected chi connectivity index (χ3v) is 5.48. The Morgan fingerprint density at radius 2 is 1.81 bits per heavy atom. The molecule has 3 amide bonds. The van der Waals surface area contributed by atoms with Crippen LogP contribution in [0.3, 0.4) is 0 Å². The molecule has 1 aromatic heterocycles. The number of imide groups is 1. The Hall–Kier alpha value is -3.74. The van der Waals surface area contributed by atoms with Crippen LogP contribution in [0.2, 0.25) is 0 Å². The number of imidazole rings is 1. The van der Waals surface area contributed by atoms with E-state index in [1.54, 1.807) is 24.7 Å². The molecule has 1 aliphatic heterocycles. The summed E-state index contributed by atoms with van der Waals surface area (Å²) in [4.78, 5) is 42.6. The Labute approximate surface area is 180 Å². The van der Waals surface area contributed by atoms with Crippen LogP contribution in [-0.2, 0) is 4.79 Å². The van der Waals surface area contributed by atoms with Crippen molar-refractivity contribution in [3.8, 4) is 5.69 Å². The third kappa shape index (κ3) is 4.26. The summed E-state index contributed by atoms with van der Waals surface area (Å²) in [5.74, 6) is -0.680. The Kier molecular flexibility index (Phi) is 5.66. The first-order chi connectivity index (χ1) is 14.9. The summed E-state index contributed by atoms with van der Waals surface area (Å²) >= 11 is 0. The topological polar surface area (TPSA) is 84.3 Å². The molecule has 7 heteroatoms. The molecule has 31 heavy (non-hydrogen) atoms. The molecule has 0 spiro atoms. The van der Waals surface area contributed by atoms with Gasteiger partial charge < -0.3 is 9.88 Å². The number of carbonyl (C=O) groups is 3. The highest BCUT2D eigenvalue weighted by molar-refractivity contribution is 6.21. The lowest BCUT2D eigenvalue weighted by Gasteiger charge is -2.16. The molecular weight excluding hydrogens is 392 g/mol. The summed E-state index contributed by atoms with van der Waals surface area (Å²) in [5.41, 5.74) is 3.81. The second-order valence-electron chi connectivity index (χ2n) is 7.77. The van der Waals surface area contributed by atoms with E-state index >= 15 is 0 Å². The van der Waals surface area contributed by atoms with Crippen molar-refractivity contribution in [2.75, 3.05) is 6.54 Å². The molecule has 1 unspecified atom stereocenters. The number of aryl methyl sites for hydroxylation is 1. The van der Waals surface area contributed by atoms with Gasteiger partial charge in [0.05, 0.1) is 23.5 Å². The van der Waals surface area contributed by atoms with Crippen LogP contribution in [0, 0.1) is 6.92 Å². The highest BCUT2D eigenvalue weighted by Crippen LogP contribution is 2.24. The van der Waals surface area contributed by atoms with E-state index in [1.807, 2.05) is 54.9 Å². The summed E-state index contributed by atoms with van der Waals surface area (Å²) in [6, 6.07) is 13.0. The van der Waals surface area contributed by atoms with Gasteiger partial charge in [-0.3, -0.25) is 19.3 Å². The predicted octanol–water partition coefficient (Wildman–Crippen LogP) is 3.43. The van der Waals surface area contributed by atoms with Gasteiger partial charge in [0.25, 0.3) is 11.8 Å². The zero-order chi connectivity index (χ0) is 22.0. The summed E-state index contributed by atoms with van der Waals surface area (Å²) < 4.78 is 1.91. The molecule has 0 bridgehead atoms. The van der Waals surface area contributed by atoms with E-state index in [0.717, 1.165) is 16.8 Å². The van der Waals surface area contributed by atoms with Gasteiger partial charge in [-0.15, -0.1) is 0 Å². The fourth-order valence-electron chi connectivity index (χ4n) is 3.75. The number of benzene rings is 2. The highest BCUT2D eigenvalue weighted by atomic mass is 16.2. The van der Waals surface area contributed by atoms with E-state index in [2.05, 4.69) is 10.3 Å². The van der Waals surface area contributed by atoms with Gasteiger partial charge in [-0.2, -0.15) is 0 Å². The maximum atomic E-state index is 12.5. The highest BCUT2D eigenvalue weighted by Gasteiger charge is 2.34. The van der Waals surface area contributed by atoms with Crippen molar-refractivity contribution in [3.05, 3.63) is 83.4 Å². The van der Waals surface area contributed by atoms with Crippen LogP contribution >= 0.6 is 0 Å². The molecule has 3 aromatic rings. The van der Waals surface area contributed by atoms with Gasteiger partial charge in [-0.1, -0.05) is 23.8 Å². The number of fused-ring (bicyclic) bond motifs is 1. The molecule has 0 saturated heterocycles. The van der Waals surface area contributed by atoms with Crippen LogP contribution in [0.4, 0.5) is 0 Å². The molecule has 0 radical (unpaired) electrons. The fraction of sp³-hybridized carbons (Fsp3) is 0.250. The first kappa shape index (κ1) is 20.5. The van der Waals surface area contributed by atoms with Crippen molar-refractivity contribution in [1.29, 1.82) is 0 Å². The van der Waals surface area contributed by atoms with E-state index in [4.69, 9.17) is 0 Å². The van der Waals surface area contributed by atoms with Crippen molar-refractivity contribution in [3.63, 3.8) is 0 Å². The first-order valence-electron chi connectivity index (χ1n) is 10.3. The number of hydrogen-bond acceptors (Lipinski definition) is 4.